The number of rotatable bonds is 6. The Labute approximate surface area is 159 Å². The molecule has 5 atom stereocenters. The summed E-state index contributed by atoms with van der Waals surface area (Å²) in [5.74, 6) is 0.549. The van der Waals surface area contributed by atoms with Crippen LogP contribution < -0.4 is 16.8 Å². The number of anilines is 2. The van der Waals surface area contributed by atoms with Crippen LogP contribution in [0.2, 0.25) is 0 Å². The fourth-order valence-corrected chi connectivity index (χ4v) is 4.27. The van der Waals surface area contributed by atoms with Crippen molar-refractivity contribution in [3.05, 3.63) is 6.33 Å². The van der Waals surface area contributed by atoms with Crippen LogP contribution in [0.25, 0.3) is 11.2 Å². The number of imidazole rings is 1. The number of hydrogen-bond acceptors (Lipinski definition) is 11. The normalized spacial score (nSPS) is 32.5. The fraction of sp³-hybridized carbons (Fsp3) is 0.643. The molecular weight excluding hydrogens is 393 g/mol. The van der Waals surface area contributed by atoms with Crippen molar-refractivity contribution in [1.29, 1.82) is 0 Å². The standard InChI is InChI=1S/C14H22N7O6P/c15-3-1-2-4-17-14-20-8-11(16)18-6-19-12(8)21(14)13-9(22)10-7(26-13)5-25-28(23,24)27-10/h6-7,9-10,13,22H,1-5,15H2,(H,17,20)(H,23,24)(H2,16,18,19)/t7-,9-,10-,13-/m1/s1. The molecule has 1 unspecified atom stereocenters. The zero-order valence-electron chi connectivity index (χ0n) is 14.8. The molecule has 2 aromatic rings. The lowest BCUT2D eigenvalue weighted by Crippen LogP contribution is -2.39. The number of nitrogens with one attached hydrogen (secondary N) is 1. The van der Waals surface area contributed by atoms with E-state index in [-0.39, 0.29) is 12.4 Å². The first-order valence-electron chi connectivity index (χ1n) is 8.83. The zero-order valence-corrected chi connectivity index (χ0v) is 15.7. The quantitative estimate of drug-likeness (QED) is 0.296. The van der Waals surface area contributed by atoms with Crippen molar-refractivity contribution in [2.24, 2.45) is 5.73 Å². The van der Waals surface area contributed by atoms with Crippen LogP contribution in [-0.2, 0) is 18.3 Å². The van der Waals surface area contributed by atoms with E-state index in [4.69, 9.17) is 25.3 Å². The Kier molecular flexibility index (Phi) is 5.22. The third kappa shape index (κ3) is 3.46. The average molecular weight is 415 g/mol. The maximum atomic E-state index is 11.7. The smallest absolute Gasteiger partial charge is 0.386 e. The molecule has 13 nitrogen and oxygen atoms in total. The molecule has 0 bridgehead atoms. The van der Waals surface area contributed by atoms with Gasteiger partial charge in [0, 0.05) is 6.54 Å². The Morgan fingerprint density at radius 2 is 2.21 bits per heavy atom. The van der Waals surface area contributed by atoms with Crippen molar-refractivity contribution in [1.82, 2.24) is 19.5 Å². The van der Waals surface area contributed by atoms with Crippen molar-refractivity contribution in [2.45, 2.75) is 37.4 Å². The highest BCUT2D eigenvalue weighted by Gasteiger charge is 2.53. The van der Waals surface area contributed by atoms with Gasteiger partial charge in [-0.3, -0.25) is 13.6 Å². The number of aliphatic hydroxyl groups is 1. The summed E-state index contributed by atoms with van der Waals surface area (Å²) in [7, 11) is -4.23. The molecule has 154 valence electrons. The number of ether oxygens (including phenoxy) is 1. The molecule has 0 aliphatic carbocycles. The van der Waals surface area contributed by atoms with Crippen LogP contribution in [0.4, 0.5) is 11.8 Å². The predicted molar refractivity (Wildman–Crippen MR) is 97.1 cm³/mol. The van der Waals surface area contributed by atoms with Gasteiger partial charge in [-0.05, 0) is 19.4 Å². The van der Waals surface area contributed by atoms with Gasteiger partial charge < -0.3 is 31.5 Å². The topological polar surface area (TPSA) is 193 Å². The summed E-state index contributed by atoms with van der Waals surface area (Å²) in [6.45, 7) is 0.965. The number of phosphoric ester groups is 1. The van der Waals surface area contributed by atoms with Crippen molar-refractivity contribution in [3.8, 4) is 0 Å². The van der Waals surface area contributed by atoms with Gasteiger partial charge in [-0.2, -0.15) is 0 Å². The molecule has 0 radical (unpaired) electrons. The summed E-state index contributed by atoms with van der Waals surface area (Å²) >= 11 is 0. The first kappa shape index (κ1) is 19.5. The Hall–Kier alpha value is -1.86. The van der Waals surface area contributed by atoms with Crippen LogP contribution in [0, 0.1) is 0 Å². The highest BCUT2D eigenvalue weighted by Crippen LogP contribution is 2.52. The lowest BCUT2D eigenvalue weighted by Gasteiger charge is -2.27. The third-order valence-corrected chi connectivity index (χ3v) is 5.63. The Balaban J connectivity index is 1.69. The number of hydrogen-bond donors (Lipinski definition) is 5. The van der Waals surface area contributed by atoms with Crippen LogP contribution in [0.5, 0.6) is 0 Å². The van der Waals surface area contributed by atoms with E-state index < -0.39 is 32.4 Å². The van der Waals surface area contributed by atoms with Gasteiger partial charge >= 0.3 is 7.82 Å². The summed E-state index contributed by atoms with van der Waals surface area (Å²) in [5.41, 5.74) is 12.1. The molecule has 0 amide bonds. The molecule has 0 spiro atoms. The average Bonchev–Trinajstić information content (AvgIpc) is 3.17. The van der Waals surface area contributed by atoms with Gasteiger partial charge in [-0.15, -0.1) is 0 Å². The second-order valence-corrected chi connectivity index (χ2v) is 7.96. The summed E-state index contributed by atoms with van der Waals surface area (Å²) in [5, 5.41) is 13.9. The van der Waals surface area contributed by atoms with E-state index in [1.165, 1.54) is 6.33 Å². The van der Waals surface area contributed by atoms with Gasteiger partial charge in [-0.1, -0.05) is 0 Å². The lowest BCUT2D eigenvalue weighted by molar-refractivity contribution is -0.0659. The fourth-order valence-electron chi connectivity index (χ4n) is 3.31. The summed E-state index contributed by atoms with van der Waals surface area (Å²) in [6, 6.07) is 0. The van der Waals surface area contributed by atoms with E-state index in [9.17, 15) is 14.6 Å². The second kappa shape index (κ2) is 7.52. The van der Waals surface area contributed by atoms with Crippen LogP contribution in [0.1, 0.15) is 19.1 Å². The SMILES string of the molecule is NCCCCNc1nc2c(N)ncnc2n1[C@@H]1O[C@@H]2COP(=O)(O)O[C@H]2[C@H]1O. The van der Waals surface area contributed by atoms with E-state index in [1.54, 1.807) is 4.57 Å². The molecule has 2 aliphatic heterocycles. The van der Waals surface area contributed by atoms with E-state index in [0.29, 0.717) is 30.2 Å². The minimum Gasteiger partial charge on any atom is -0.386 e. The number of nitrogen functional groups attached to an aromatic ring is 1. The van der Waals surface area contributed by atoms with Gasteiger partial charge in [-0.25, -0.2) is 19.5 Å². The number of unbranched alkanes of at least 4 members (excludes halogenated alkanes) is 1. The number of nitrogens with zero attached hydrogens (tertiary/aromatic N) is 4. The summed E-state index contributed by atoms with van der Waals surface area (Å²) < 4.78 is 28.9. The molecule has 4 rings (SSSR count). The molecule has 2 aliphatic rings. The maximum absolute atomic E-state index is 11.7. The molecule has 0 saturated carbocycles. The van der Waals surface area contributed by atoms with E-state index in [1.807, 2.05) is 0 Å². The van der Waals surface area contributed by atoms with E-state index in [2.05, 4.69) is 20.3 Å². The molecule has 14 heteroatoms. The van der Waals surface area contributed by atoms with Crippen molar-refractivity contribution in [2.75, 3.05) is 30.7 Å². The first-order valence-corrected chi connectivity index (χ1v) is 10.3. The van der Waals surface area contributed by atoms with Crippen LogP contribution >= 0.6 is 7.82 Å². The van der Waals surface area contributed by atoms with Gasteiger partial charge in [0.15, 0.2) is 23.2 Å². The largest absolute Gasteiger partial charge is 0.472 e. The Morgan fingerprint density at radius 1 is 1.39 bits per heavy atom. The molecule has 2 aromatic heterocycles. The number of fused-ring (bicyclic) bond motifs is 2. The zero-order chi connectivity index (χ0) is 19.9. The predicted octanol–water partition coefficient (Wildman–Crippen LogP) is -0.667. The first-order chi connectivity index (χ1) is 13.4. The number of aliphatic hydroxyl groups excluding tert-OH is 1. The van der Waals surface area contributed by atoms with Gasteiger partial charge in [0.05, 0.1) is 6.61 Å². The molecule has 28 heavy (non-hydrogen) atoms. The van der Waals surface area contributed by atoms with Crippen LogP contribution in [-0.4, -0.2) is 67.5 Å². The number of nitrogens with two attached hydrogens (primary N) is 2. The monoisotopic (exact) mass is 415 g/mol. The van der Waals surface area contributed by atoms with Crippen molar-refractivity contribution >= 4 is 30.8 Å². The number of phosphoric acid groups is 1. The molecule has 4 heterocycles. The second-order valence-electron chi connectivity index (χ2n) is 6.55. The van der Waals surface area contributed by atoms with Gasteiger partial charge in [0.25, 0.3) is 0 Å². The van der Waals surface area contributed by atoms with Crippen LogP contribution in [0.15, 0.2) is 6.33 Å². The summed E-state index contributed by atoms with van der Waals surface area (Å²) in [6.07, 6.45) is -1.07. The minimum absolute atomic E-state index is 0.179. The molecule has 7 N–H and O–H groups in total. The third-order valence-electron chi connectivity index (χ3n) is 4.64. The van der Waals surface area contributed by atoms with Crippen molar-refractivity contribution < 1.29 is 28.3 Å². The van der Waals surface area contributed by atoms with Gasteiger partial charge in [0.1, 0.15) is 24.6 Å². The Bertz CT molecular complexity index is 910. The molecule has 0 aromatic carbocycles. The van der Waals surface area contributed by atoms with Crippen molar-refractivity contribution in [3.63, 3.8) is 0 Å². The van der Waals surface area contributed by atoms with E-state index >= 15 is 0 Å². The molecule has 2 fully saturated rings. The molecular formula is C14H22N7O6P. The number of aromatic nitrogens is 4. The van der Waals surface area contributed by atoms with E-state index in [0.717, 1.165) is 12.8 Å². The lowest BCUT2D eigenvalue weighted by atomic mass is 10.1. The maximum Gasteiger partial charge on any atom is 0.472 e. The molecule has 2 saturated heterocycles. The van der Waals surface area contributed by atoms with Gasteiger partial charge in [0.2, 0.25) is 5.95 Å². The summed E-state index contributed by atoms with van der Waals surface area (Å²) in [4.78, 5) is 22.1. The highest BCUT2D eigenvalue weighted by molar-refractivity contribution is 7.47. The minimum atomic E-state index is -4.23. The Morgan fingerprint density at radius 3 is 3.00 bits per heavy atom. The highest BCUT2D eigenvalue weighted by atomic mass is 31.2. The van der Waals surface area contributed by atoms with Crippen LogP contribution in [0.3, 0.4) is 0 Å².